The number of hydrogen-bond acceptors (Lipinski definition) is 3. The van der Waals surface area contributed by atoms with E-state index in [0.717, 1.165) is 5.56 Å². The van der Waals surface area contributed by atoms with E-state index >= 15 is 0 Å². The van der Waals surface area contributed by atoms with Crippen LogP contribution in [0.4, 0.5) is 4.79 Å². The molecular formula is C14H17NO4. The molecule has 1 atom stereocenters. The second-order valence-corrected chi connectivity index (χ2v) is 4.07. The number of carboxylic acid groups (broad SMARTS) is 1. The molecule has 102 valence electrons. The number of alkyl carbamates (subject to hydrolysis) is 1. The first-order valence-electron chi connectivity index (χ1n) is 5.85. The highest BCUT2D eigenvalue weighted by Crippen LogP contribution is 2.16. The SMILES string of the molecule is C=CCOC(=O)NCC(C(=O)O)c1ccc(C)cc1. The quantitative estimate of drug-likeness (QED) is 0.770. The van der Waals surface area contributed by atoms with Crippen LogP contribution in [0.3, 0.4) is 0 Å². The molecule has 5 heteroatoms. The van der Waals surface area contributed by atoms with Crippen molar-refractivity contribution in [1.29, 1.82) is 0 Å². The predicted molar refractivity (Wildman–Crippen MR) is 71.1 cm³/mol. The summed E-state index contributed by atoms with van der Waals surface area (Å²) in [5.41, 5.74) is 1.69. The van der Waals surface area contributed by atoms with Crippen LogP contribution in [0.5, 0.6) is 0 Å². The fourth-order valence-corrected chi connectivity index (χ4v) is 1.52. The maximum Gasteiger partial charge on any atom is 0.407 e. The lowest BCUT2D eigenvalue weighted by Gasteiger charge is -2.13. The van der Waals surface area contributed by atoms with Gasteiger partial charge in [0.15, 0.2) is 0 Å². The van der Waals surface area contributed by atoms with Gasteiger partial charge in [-0.2, -0.15) is 0 Å². The molecule has 1 amide bonds. The largest absolute Gasteiger partial charge is 0.481 e. The van der Waals surface area contributed by atoms with Gasteiger partial charge in [0.2, 0.25) is 0 Å². The molecule has 19 heavy (non-hydrogen) atoms. The third kappa shape index (κ3) is 4.83. The van der Waals surface area contributed by atoms with Gasteiger partial charge in [0.25, 0.3) is 0 Å². The highest BCUT2D eigenvalue weighted by molar-refractivity contribution is 5.77. The molecule has 1 aromatic carbocycles. The third-order valence-electron chi connectivity index (χ3n) is 2.56. The molecule has 0 aliphatic carbocycles. The zero-order valence-corrected chi connectivity index (χ0v) is 10.8. The van der Waals surface area contributed by atoms with Crippen molar-refractivity contribution in [3.8, 4) is 0 Å². The predicted octanol–water partition coefficient (Wildman–Crippen LogP) is 2.08. The first-order chi connectivity index (χ1) is 9.04. The molecule has 1 unspecified atom stereocenters. The van der Waals surface area contributed by atoms with Crippen LogP contribution in [0.1, 0.15) is 17.0 Å². The van der Waals surface area contributed by atoms with Gasteiger partial charge in [0, 0.05) is 6.54 Å². The second kappa shape index (κ2) is 7.20. The highest BCUT2D eigenvalue weighted by Gasteiger charge is 2.20. The van der Waals surface area contributed by atoms with Gasteiger partial charge in [-0.15, -0.1) is 0 Å². The number of benzene rings is 1. The summed E-state index contributed by atoms with van der Waals surface area (Å²) < 4.78 is 4.72. The molecular weight excluding hydrogens is 246 g/mol. The number of aliphatic carboxylic acids is 1. The van der Waals surface area contributed by atoms with E-state index in [9.17, 15) is 14.7 Å². The van der Waals surface area contributed by atoms with Crippen molar-refractivity contribution < 1.29 is 19.4 Å². The minimum Gasteiger partial charge on any atom is -0.481 e. The van der Waals surface area contributed by atoms with Gasteiger partial charge in [-0.25, -0.2) is 4.79 Å². The number of amides is 1. The average Bonchev–Trinajstić information content (AvgIpc) is 2.38. The first-order valence-corrected chi connectivity index (χ1v) is 5.85. The summed E-state index contributed by atoms with van der Waals surface area (Å²) in [6.45, 7) is 5.41. The van der Waals surface area contributed by atoms with E-state index < -0.39 is 18.0 Å². The lowest BCUT2D eigenvalue weighted by atomic mass is 9.98. The van der Waals surface area contributed by atoms with E-state index in [0.29, 0.717) is 5.56 Å². The summed E-state index contributed by atoms with van der Waals surface area (Å²) in [7, 11) is 0. The molecule has 0 spiro atoms. The van der Waals surface area contributed by atoms with Crippen LogP contribution in [-0.2, 0) is 9.53 Å². The summed E-state index contributed by atoms with van der Waals surface area (Å²) in [5, 5.41) is 11.6. The van der Waals surface area contributed by atoms with Gasteiger partial charge in [-0.3, -0.25) is 4.79 Å². The summed E-state index contributed by atoms with van der Waals surface area (Å²) in [6.07, 6.45) is 0.784. The topological polar surface area (TPSA) is 75.6 Å². The average molecular weight is 263 g/mol. The van der Waals surface area contributed by atoms with Crippen LogP contribution in [0, 0.1) is 6.92 Å². The Morgan fingerprint density at radius 3 is 2.58 bits per heavy atom. The molecule has 0 radical (unpaired) electrons. The van der Waals surface area contributed by atoms with Crippen molar-refractivity contribution >= 4 is 12.1 Å². The summed E-state index contributed by atoms with van der Waals surface area (Å²) >= 11 is 0. The van der Waals surface area contributed by atoms with Gasteiger partial charge in [0.05, 0.1) is 5.92 Å². The Balaban J connectivity index is 2.63. The number of carbonyl (C=O) groups is 2. The van der Waals surface area contributed by atoms with Crippen molar-refractivity contribution in [1.82, 2.24) is 5.32 Å². The van der Waals surface area contributed by atoms with Crippen LogP contribution < -0.4 is 5.32 Å². The van der Waals surface area contributed by atoms with Gasteiger partial charge in [-0.1, -0.05) is 42.5 Å². The summed E-state index contributed by atoms with van der Waals surface area (Å²) in [6, 6.07) is 7.15. The number of rotatable bonds is 6. The van der Waals surface area contributed by atoms with E-state index in [1.54, 1.807) is 12.1 Å². The van der Waals surface area contributed by atoms with Crippen molar-refractivity contribution in [3.05, 3.63) is 48.0 Å². The number of nitrogens with one attached hydrogen (secondary N) is 1. The van der Waals surface area contributed by atoms with Gasteiger partial charge >= 0.3 is 12.1 Å². The van der Waals surface area contributed by atoms with Crippen LogP contribution >= 0.6 is 0 Å². The van der Waals surface area contributed by atoms with Crippen molar-refractivity contribution in [2.75, 3.05) is 13.2 Å². The van der Waals surface area contributed by atoms with Crippen LogP contribution in [0.25, 0.3) is 0 Å². The number of ether oxygens (including phenoxy) is 1. The van der Waals surface area contributed by atoms with Crippen molar-refractivity contribution in [2.45, 2.75) is 12.8 Å². The molecule has 0 aromatic heterocycles. The maximum absolute atomic E-state index is 11.2. The molecule has 1 rings (SSSR count). The summed E-state index contributed by atoms with van der Waals surface area (Å²) in [4.78, 5) is 22.4. The lowest BCUT2D eigenvalue weighted by molar-refractivity contribution is -0.138. The number of carboxylic acids is 1. The fourth-order valence-electron chi connectivity index (χ4n) is 1.52. The molecule has 0 heterocycles. The van der Waals surface area contributed by atoms with Crippen LogP contribution in [-0.4, -0.2) is 30.3 Å². The maximum atomic E-state index is 11.2. The minimum atomic E-state index is -0.993. The Morgan fingerprint density at radius 2 is 2.05 bits per heavy atom. The van der Waals surface area contributed by atoms with E-state index in [1.165, 1.54) is 6.08 Å². The van der Waals surface area contributed by atoms with Crippen molar-refractivity contribution in [2.24, 2.45) is 0 Å². The molecule has 1 aromatic rings. The molecule has 0 saturated heterocycles. The number of carbonyl (C=O) groups excluding carboxylic acids is 1. The Bertz CT molecular complexity index is 453. The van der Waals surface area contributed by atoms with Crippen LogP contribution in [0.15, 0.2) is 36.9 Å². The molecule has 0 fully saturated rings. The monoisotopic (exact) mass is 263 g/mol. The third-order valence-corrected chi connectivity index (χ3v) is 2.56. The molecule has 0 bridgehead atoms. The van der Waals surface area contributed by atoms with E-state index in [1.807, 2.05) is 19.1 Å². The normalized spacial score (nSPS) is 11.4. The molecule has 0 aliphatic rings. The second-order valence-electron chi connectivity index (χ2n) is 4.07. The Labute approximate surface area is 111 Å². The Hall–Kier alpha value is -2.30. The van der Waals surface area contributed by atoms with Gasteiger partial charge < -0.3 is 15.2 Å². The Kier molecular flexibility index (Phi) is 5.60. The summed E-state index contributed by atoms with van der Waals surface area (Å²) in [5.74, 6) is -1.79. The number of aryl methyl sites for hydroxylation is 1. The smallest absolute Gasteiger partial charge is 0.407 e. The van der Waals surface area contributed by atoms with Gasteiger partial charge in [-0.05, 0) is 12.5 Å². The fraction of sp³-hybridized carbons (Fsp3) is 0.286. The standard InChI is InChI=1S/C14H17NO4/c1-3-8-19-14(18)15-9-12(13(16)17)11-6-4-10(2)5-7-11/h3-7,12H,1,8-9H2,2H3,(H,15,18)(H,16,17). The van der Waals surface area contributed by atoms with Crippen LogP contribution in [0.2, 0.25) is 0 Å². The zero-order chi connectivity index (χ0) is 14.3. The molecule has 0 saturated carbocycles. The van der Waals surface area contributed by atoms with Gasteiger partial charge in [0.1, 0.15) is 6.61 Å². The van der Waals surface area contributed by atoms with E-state index in [4.69, 9.17) is 4.74 Å². The number of hydrogen-bond donors (Lipinski definition) is 2. The first kappa shape index (κ1) is 14.8. The molecule has 2 N–H and O–H groups in total. The molecule has 5 nitrogen and oxygen atoms in total. The van der Waals surface area contributed by atoms with E-state index in [-0.39, 0.29) is 13.2 Å². The molecule has 0 aliphatic heterocycles. The Morgan fingerprint density at radius 1 is 1.42 bits per heavy atom. The van der Waals surface area contributed by atoms with Crippen molar-refractivity contribution in [3.63, 3.8) is 0 Å². The highest BCUT2D eigenvalue weighted by atomic mass is 16.5. The minimum absolute atomic E-state index is 0.0195. The zero-order valence-electron chi connectivity index (χ0n) is 10.8. The lowest BCUT2D eigenvalue weighted by Crippen LogP contribution is -2.32. The van der Waals surface area contributed by atoms with E-state index in [2.05, 4.69) is 11.9 Å².